The first kappa shape index (κ1) is 19.3. The van der Waals surface area contributed by atoms with Crippen LogP contribution in [-0.4, -0.2) is 33.2 Å². The molecule has 0 bridgehead atoms. The Morgan fingerprint density at radius 3 is 2.83 bits per heavy atom. The van der Waals surface area contributed by atoms with E-state index in [0.29, 0.717) is 29.0 Å². The predicted molar refractivity (Wildman–Crippen MR) is 113 cm³/mol. The van der Waals surface area contributed by atoms with E-state index < -0.39 is 0 Å². The van der Waals surface area contributed by atoms with Crippen LogP contribution in [0.1, 0.15) is 18.1 Å². The molecule has 0 atom stereocenters. The van der Waals surface area contributed by atoms with Gasteiger partial charge in [0.2, 0.25) is 12.7 Å². The molecule has 2 aromatic carbocycles. The summed E-state index contributed by atoms with van der Waals surface area (Å²) >= 11 is 1.36. The third-order valence-electron chi connectivity index (χ3n) is 4.79. The third-order valence-corrected chi connectivity index (χ3v) is 5.76. The molecular formula is C21H22N4O3S. The summed E-state index contributed by atoms with van der Waals surface area (Å²) in [6.07, 6.45) is 0. The Balaban J connectivity index is 1.48. The zero-order valence-electron chi connectivity index (χ0n) is 16.6. The second-order valence-corrected chi connectivity index (χ2v) is 7.67. The molecule has 1 aromatic heterocycles. The number of rotatable bonds is 6. The molecule has 0 radical (unpaired) electrons. The smallest absolute Gasteiger partial charge is 0.234 e. The van der Waals surface area contributed by atoms with Crippen molar-refractivity contribution in [2.24, 2.45) is 0 Å². The lowest BCUT2D eigenvalue weighted by Gasteiger charge is -2.10. The number of thioether (sulfide) groups is 1. The highest BCUT2D eigenvalue weighted by atomic mass is 32.2. The number of ether oxygens (including phenoxy) is 2. The minimum atomic E-state index is -0.0807. The first-order chi connectivity index (χ1) is 14.1. The highest BCUT2D eigenvalue weighted by molar-refractivity contribution is 7.99. The summed E-state index contributed by atoms with van der Waals surface area (Å²) in [5.74, 6) is 2.25. The van der Waals surface area contributed by atoms with Crippen LogP contribution in [0.4, 0.5) is 5.69 Å². The van der Waals surface area contributed by atoms with Crippen molar-refractivity contribution in [3.05, 3.63) is 47.5 Å². The Kier molecular flexibility index (Phi) is 5.44. The number of amides is 1. The lowest BCUT2D eigenvalue weighted by molar-refractivity contribution is -0.113. The molecule has 4 rings (SSSR count). The van der Waals surface area contributed by atoms with Gasteiger partial charge in [-0.05, 0) is 56.2 Å². The zero-order valence-corrected chi connectivity index (χ0v) is 17.4. The van der Waals surface area contributed by atoms with Crippen molar-refractivity contribution in [1.29, 1.82) is 0 Å². The van der Waals surface area contributed by atoms with Crippen LogP contribution in [-0.2, 0) is 11.3 Å². The molecule has 0 saturated heterocycles. The van der Waals surface area contributed by atoms with E-state index in [-0.39, 0.29) is 18.5 Å². The minimum Gasteiger partial charge on any atom is -0.454 e. The van der Waals surface area contributed by atoms with E-state index in [2.05, 4.69) is 15.5 Å². The Bertz CT molecular complexity index is 1060. The van der Waals surface area contributed by atoms with Crippen molar-refractivity contribution in [3.63, 3.8) is 0 Å². The highest BCUT2D eigenvalue weighted by Crippen LogP contribution is 2.41. The summed E-state index contributed by atoms with van der Waals surface area (Å²) in [4.78, 5) is 12.4. The average Bonchev–Trinajstić information content (AvgIpc) is 3.35. The van der Waals surface area contributed by atoms with Crippen LogP contribution < -0.4 is 14.8 Å². The first-order valence-corrected chi connectivity index (χ1v) is 10.4. The Labute approximate surface area is 173 Å². The number of aromatic nitrogens is 3. The number of carbonyl (C=O) groups excluding carboxylic acids is 1. The van der Waals surface area contributed by atoms with Gasteiger partial charge >= 0.3 is 0 Å². The molecule has 1 amide bonds. The molecule has 1 aliphatic rings. The molecule has 0 unspecified atom stereocenters. The molecule has 1 N–H and O–H groups in total. The number of benzene rings is 2. The summed E-state index contributed by atoms with van der Waals surface area (Å²) in [7, 11) is 0. The molecule has 0 aliphatic carbocycles. The molecule has 0 spiro atoms. The second-order valence-electron chi connectivity index (χ2n) is 6.73. The van der Waals surface area contributed by atoms with Gasteiger partial charge in [0, 0.05) is 12.2 Å². The number of para-hydroxylation sites is 1. The van der Waals surface area contributed by atoms with Crippen LogP contribution in [0.15, 0.2) is 41.6 Å². The second kappa shape index (κ2) is 8.16. The van der Waals surface area contributed by atoms with E-state index in [9.17, 15) is 4.79 Å². The Hall–Kier alpha value is -3.00. The van der Waals surface area contributed by atoms with Crippen LogP contribution in [0.25, 0.3) is 11.4 Å². The lowest BCUT2D eigenvalue weighted by atomic mass is 10.1. The number of aryl methyl sites for hydroxylation is 2. The topological polar surface area (TPSA) is 78.3 Å². The molecule has 3 aromatic rings. The summed E-state index contributed by atoms with van der Waals surface area (Å²) in [5.41, 5.74) is 3.98. The maximum absolute atomic E-state index is 12.4. The first-order valence-electron chi connectivity index (χ1n) is 9.39. The molecular weight excluding hydrogens is 388 g/mol. The fourth-order valence-corrected chi connectivity index (χ4v) is 3.93. The number of fused-ring (bicyclic) bond motifs is 1. The van der Waals surface area contributed by atoms with Crippen LogP contribution >= 0.6 is 11.8 Å². The Morgan fingerprint density at radius 1 is 1.17 bits per heavy atom. The van der Waals surface area contributed by atoms with Gasteiger partial charge in [-0.2, -0.15) is 0 Å². The van der Waals surface area contributed by atoms with E-state index in [0.717, 1.165) is 16.8 Å². The molecule has 8 heteroatoms. The van der Waals surface area contributed by atoms with Crippen LogP contribution in [0.5, 0.6) is 11.5 Å². The highest BCUT2D eigenvalue weighted by Gasteiger charge is 2.23. The molecule has 29 heavy (non-hydrogen) atoms. The standard InChI is InChI=1S/C21H22N4O3S/c1-4-25-20(16-6-5-7-17-19(16)28-12-27-17)23-24-21(25)29-11-18(26)22-15-9-8-13(2)14(3)10-15/h5-10H,4,11-12H2,1-3H3,(H,22,26). The van der Waals surface area contributed by atoms with E-state index in [4.69, 9.17) is 9.47 Å². The number of anilines is 1. The van der Waals surface area contributed by atoms with Gasteiger partial charge in [0.1, 0.15) is 0 Å². The fourth-order valence-electron chi connectivity index (χ4n) is 3.13. The minimum absolute atomic E-state index is 0.0807. The van der Waals surface area contributed by atoms with Gasteiger partial charge in [0.05, 0.1) is 11.3 Å². The number of hydrogen-bond acceptors (Lipinski definition) is 6. The maximum Gasteiger partial charge on any atom is 0.234 e. The van der Waals surface area contributed by atoms with Crippen molar-refractivity contribution >= 4 is 23.4 Å². The van der Waals surface area contributed by atoms with Gasteiger partial charge in [0.15, 0.2) is 22.5 Å². The van der Waals surface area contributed by atoms with Gasteiger partial charge in [-0.1, -0.05) is 23.9 Å². The van der Waals surface area contributed by atoms with E-state index >= 15 is 0 Å². The predicted octanol–water partition coefficient (Wildman–Crippen LogP) is 4.04. The lowest BCUT2D eigenvalue weighted by Crippen LogP contribution is -2.14. The average molecular weight is 410 g/mol. The van der Waals surface area contributed by atoms with Crippen molar-refractivity contribution in [3.8, 4) is 22.9 Å². The van der Waals surface area contributed by atoms with E-state index in [1.165, 1.54) is 17.3 Å². The van der Waals surface area contributed by atoms with E-state index in [1.807, 2.05) is 61.7 Å². The van der Waals surface area contributed by atoms with Gasteiger partial charge in [0.25, 0.3) is 0 Å². The molecule has 0 saturated carbocycles. The number of carbonyl (C=O) groups is 1. The normalized spacial score (nSPS) is 12.2. The number of nitrogens with zero attached hydrogens (tertiary/aromatic N) is 3. The molecule has 2 heterocycles. The fraction of sp³-hybridized carbons (Fsp3) is 0.286. The summed E-state index contributed by atoms with van der Waals surface area (Å²) in [6.45, 7) is 6.97. The Morgan fingerprint density at radius 2 is 2.03 bits per heavy atom. The maximum atomic E-state index is 12.4. The van der Waals surface area contributed by atoms with Crippen molar-refractivity contribution < 1.29 is 14.3 Å². The summed E-state index contributed by atoms with van der Waals surface area (Å²) < 4.78 is 13.0. The summed E-state index contributed by atoms with van der Waals surface area (Å²) in [5, 5.41) is 12.3. The van der Waals surface area contributed by atoms with Crippen LogP contribution in [0, 0.1) is 13.8 Å². The summed E-state index contributed by atoms with van der Waals surface area (Å²) in [6, 6.07) is 11.6. The van der Waals surface area contributed by atoms with Gasteiger partial charge in [-0.3, -0.25) is 4.79 Å². The van der Waals surface area contributed by atoms with Gasteiger partial charge in [-0.25, -0.2) is 0 Å². The molecule has 0 fully saturated rings. The molecule has 150 valence electrons. The van der Waals surface area contributed by atoms with Crippen molar-refractivity contribution in [1.82, 2.24) is 14.8 Å². The number of hydrogen-bond donors (Lipinski definition) is 1. The van der Waals surface area contributed by atoms with Crippen molar-refractivity contribution in [2.45, 2.75) is 32.5 Å². The molecule has 7 nitrogen and oxygen atoms in total. The number of nitrogens with one attached hydrogen (secondary N) is 1. The molecule has 1 aliphatic heterocycles. The quantitative estimate of drug-likeness (QED) is 0.618. The van der Waals surface area contributed by atoms with Gasteiger partial charge in [-0.15, -0.1) is 10.2 Å². The van der Waals surface area contributed by atoms with Gasteiger partial charge < -0.3 is 19.4 Å². The van der Waals surface area contributed by atoms with Crippen LogP contribution in [0.2, 0.25) is 0 Å². The van der Waals surface area contributed by atoms with Crippen LogP contribution in [0.3, 0.4) is 0 Å². The monoisotopic (exact) mass is 410 g/mol. The van der Waals surface area contributed by atoms with E-state index in [1.54, 1.807) is 0 Å². The SMILES string of the molecule is CCn1c(SCC(=O)Nc2ccc(C)c(C)c2)nnc1-c1cccc2c1OCO2. The third kappa shape index (κ3) is 3.93. The van der Waals surface area contributed by atoms with Crippen molar-refractivity contribution in [2.75, 3.05) is 17.9 Å². The zero-order chi connectivity index (χ0) is 20.4. The largest absolute Gasteiger partial charge is 0.454 e.